The van der Waals surface area contributed by atoms with E-state index in [1.807, 2.05) is 0 Å². The Kier molecular flexibility index (Phi) is 8.80. The van der Waals surface area contributed by atoms with Gasteiger partial charge in [0.2, 0.25) is 0 Å². The number of nitrogens with zero attached hydrogens (tertiary/aromatic N) is 1. The molecule has 2 N–H and O–H groups in total. The lowest BCUT2D eigenvalue weighted by Gasteiger charge is -2.07. The fourth-order valence-electron chi connectivity index (χ4n) is 2.43. The van der Waals surface area contributed by atoms with Crippen LogP contribution in [0.5, 0.6) is 0 Å². The molecule has 3 aromatic rings. The molecule has 0 aliphatic carbocycles. The normalized spacial score (nSPS) is 11.0. The number of alkyl halides is 1. The second kappa shape index (κ2) is 11.3. The zero-order valence-electron chi connectivity index (χ0n) is 16.8. The number of carbonyl (C=O) groups excluding carboxylic acids is 3. The van der Waals surface area contributed by atoms with Crippen LogP contribution in [0.1, 0.15) is 21.4 Å². The number of hydrogen-bond acceptors (Lipinski definition) is 8. The Bertz CT molecular complexity index is 1140. The average molecular weight is 483 g/mol. The number of aromatic nitrogens is 1. The first-order valence-electron chi connectivity index (χ1n) is 8.81. The molecule has 11 heteroatoms. The van der Waals surface area contributed by atoms with Crippen LogP contribution < -0.4 is 5.73 Å². The number of rotatable bonds is 5. The molecule has 2 aromatic carbocycles. The number of nitrogens with two attached hydrogens (primary N) is 1. The van der Waals surface area contributed by atoms with Gasteiger partial charge < -0.3 is 15.2 Å². The summed E-state index contributed by atoms with van der Waals surface area (Å²) in [6.07, 6.45) is 0. The van der Waals surface area contributed by atoms with Crippen molar-refractivity contribution >= 4 is 45.8 Å². The van der Waals surface area contributed by atoms with Crippen LogP contribution in [0.25, 0.3) is 10.4 Å². The van der Waals surface area contributed by atoms with Crippen molar-refractivity contribution in [1.82, 2.24) is 4.98 Å². The van der Waals surface area contributed by atoms with E-state index in [1.54, 1.807) is 18.2 Å². The number of anilines is 1. The van der Waals surface area contributed by atoms with Crippen molar-refractivity contribution in [2.45, 2.75) is 5.38 Å². The summed E-state index contributed by atoms with van der Waals surface area (Å²) in [5.74, 6) is -3.75. The summed E-state index contributed by atoms with van der Waals surface area (Å²) in [6.45, 7) is 0. The predicted molar refractivity (Wildman–Crippen MR) is 115 cm³/mol. The van der Waals surface area contributed by atoms with E-state index in [0.717, 1.165) is 24.5 Å². The molecule has 32 heavy (non-hydrogen) atoms. The molecule has 1 atom stereocenters. The highest BCUT2D eigenvalue weighted by Crippen LogP contribution is 2.33. The number of ketones is 1. The molecule has 0 saturated heterocycles. The van der Waals surface area contributed by atoms with Crippen molar-refractivity contribution < 1.29 is 32.6 Å². The standard InChI is InChI=1S/C11H9FN2O2S.C10H8ClFO3/c1-16-10(15)8-9(17-11(13)14-8)6-4-2-3-5-7(6)12;1-15-10(14)9(13)8(11)6-4-2-3-5-7(6)12/h2-5H,1H3,(H2,13,14);2-5,8H,1H3. The summed E-state index contributed by atoms with van der Waals surface area (Å²) in [6, 6.07) is 11.6. The fourth-order valence-corrected chi connectivity index (χ4v) is 3.54. The highest BCUT2D eigenvalue weighted by molar-refractivity contribution is 7.19. The molecule has 0 fully saturated rings. The van der Waals surface area contributed by atoms with Gasteiger partial charge in [0.15, 0.2) is 10.8 Å². The lowest BCUT2D eigenvalue weighted by Crippen LogP contribution is -2.20. The minimum Gasteiger partial charge on any atom is -0.464 e. The van der Waals surface area contributed by atoms with E-state index in [-0.39, 0.29) is 16.4 Å². The van der Waals surface area contributed by atoms with E-state index >= 15 is 0 Å². The predicted octanol–water partition coefficient (Wildman–Crippen LogP) is 4.17. The monoisotopic (exact) mass is 482 g/mol. The van der Waals surface area contributed by atoms with Crippen molar-refractivity contribution in [1.29, 1.82) is 0 Å². The number of carbonyl (C=O) groups is 3. The molecular formula is C21H17ClF2N2O5S. The van der Waals surface area contributed by atoms with Gasteiger partial charge in [-0.2, -0.15) is 0 Å². The summed E-state index contributed by atoms with van der Waals surface area (Å²) in [7, 11) is 2.30. The van der Waals surface area contributed by atoms with E-state index in [4.69, 9.17) is 17.3 Å². The SMILES string of the molecule is COC(=O)C(=O)C(Cl)c1ccccc1F.COC(=O)c1nc(N)sc1-c1ccccc1F. The quantitative estimate of drug-likeness (QED) is 0.330. The maximum atomic E-state index is 13.6. The van der Waals surface area contributed by atoms with Crippen LogP contribution in [-0.2, 0) is 19.1 Å². The third-order valence-corrected chi connectivity index (χ3v) is 5.29. The Morgan fingerprint density at radius 3 is 2.16 bits per heavy atom. The molecule has 3 rings (SSSR count). The van der Waals surface area contributed by atoms with Crippen molar-refractivity contribution in [3.05, 3.63) is 71.4 Å². The number of Topliss-reactive ketones (excluding diaryl/α,β-unsaturated/α-hetero) is 1. The van der Waals surface area contributed by atoms with Crippen molar-refractivity contribution in [2.75, 3.05) is 20.0 Å². The minimum atomic E-state index is -1.35. The molecule has 0 aliphatic heterocycles. The number of halogens is 3. The van der Waals surface area contributed by atoms with E-state index < -0.39 is 34.7 Å². The number of hydrogen-bond donors (Lipinski definition) is 1. The second-order valence-corrected chi connectivity index (χ2v) is 7.41. The van der Waals surface area contributed by atoms with Gasteiger partial charge in [-0.3, -0.25) is 4.79 Å². The molecule has 1 unspecified atom stereocenters. The van der Waals surface area contributed by atoms with Gasteiger partial charge in [-0.25, -0.2) is 23.4 Å². The van der Waals surface area contributed by atoms with E-state index in [1.165, 1.54) is 31.4 Å². The van der Waals surface area contributed by atoms with Crippen molar-refractivity contribution in [3.63, 3.8) is 0 Å². The Morgan fingerprint density at radius 1 is 1.00 bits per heavy atom. The maximum Gasteiger partial charge on any atom is 0.376 e. The zero-order chi connectivity index (χ0) is 23.8. The summed E-state index contributed by atoms with van der Waals surface area (Å²) < 4.78 is 35.6. The van der Waals surface area contributed by atoms with Crippen LogP contribution in [0.4, 0.5) is 13.9 Å². The number of esters is 2. The number of methoxy groups -OCH3 is 2. The van der Waals surface area contributed by atoms with Crippen LogP contribution in [0, 0.1) is 11.6 Å². The molecular weight excluding hydrogens is 466 g/mol. The molecule has 168 valence electrons. The lowest BCUT2D eigenvalue weighted by molar-refractivity contribution is -0.151. The molecule has 7 nitrogen and oxygen atoms in total. The fraction of sp³-hybridized carbons (Fsp3) is 0.143. The summed E-state index contributed by atoms with van der Waals surface area (Å²) in [5.41, 5.74) is 5.84. The molecule has 1 heterocycles. The smallest absolute Gasteiger partial charge is 0.376 e. The molecule has 0 amide bonds. The first-order valence-corrected chi connectivity index (χ1v) is 10.1. The number of ether oxygens (including phenoxy) is 2. The first kappa shape index (κ1) is 24.9. The first-order chi connectivity index (χ1) is 15.2. The van der Waals surface area contributed by atoms with Gasteiger partial charge in [0.25, 0.3) is 5.78 Å². The minimum absolute atomic E-state index is 0.0328. The Morgan fingerprint density at radius 2 is 1.59 bits per heavy atom. The van der Waals surface area contributed by atoms with Crippen LogP contribution in [-0.4, -0.2) is 36.9 Å². The molecule has 0 radical (unpaired) electrons. The van der Waals surface area contributed by atoms with Gasteiger partial charge in [-0.05, 0) is 12.1 Å². The third kappa shape index (κ3) is 5.86. The summed E-state index contributed by atoms with van der Waals surface area (Å²) >= 11 is 6.70. The molecule has 0 spiro atoms. The highest BCUT2D eigenvalue weighted by atomic mass is 35.5. The Labute approximate surface area is 190 Å². The van der Waals surface area contributed by atoms with E-state index in [0.29, 0.717) is 10.4 Å². The van der Waals surface area contributed by atoms with Crippen LogP contribution in [0.15, 0.2) is 48.5 Å². The summed E-state index contributed by atoms with van der Waals surface area (Å²) in [4.78, 5) is 37.8. The van der Waals surface area contributed by atoms with Crippen molar-refractivity contribution in [3.8, 4) is 10.4 Å². The number of benzene rings is 2. The van der Waals surface area contributed by atoms with Gasteiger partial charge in [-0.15, -0.1) is 11.6 Å². The van der Waals surface area contributed by atoms with Gasteiger partial charge in [0.05, 0.1) is 19.1 Å². The van der Waals surface area contributed by atoms with Crippen LogP contribution in [0.3, 0.4) is 0 Å². The van der Waals surface area contributed by atoms with E-state index in [2.05, 4.69) is 14.5 Å². The number of thiazole rings is 1. The number of nitrogen functional groups attached to an aromatic ring is 1. The highest BCUT2D eigenvalue weighted by Gasteiger charge is 2.27. The van der Waals surface area contributed by atoms with Crippen LogP contribution in [0.2, 0.25) is 0 Å². The van der Waals surface area contributed by atoms with Gasteiger partial charge in [-0.1, -0.05) is 47.7 Å². The third-order valence-electron chi connectivity index (χ3n) is 3.94. The largest absolute Gasteiger partial charge is 0.464 e. The molecule has 0 saturated carbocycles. The van der Waals surface area contributed by atoms with Crippen LogP contribution >= 0.6 is 22.9 Å². The topological polar surface area (TPSA) is 109 Å². The van der Waals surface area contributed by atoms with Gasteiger partial charge >= 0.3 is 11.9 Å². The molecule has 1 aromatic heterocycles. The van der Waals surface area contributed by atoms with Gasteiger partial charge in [0.1, 0.15) is 17.0 Å². The maximum absolute atomic E-state index is 13.6. The summed E-state index contributed by atoms with van der Waals surface area (Å²) in [5, 5.41) is -1.15. The Balaban J connectivity index is 0.000000229. The Hall–Kier alpha value is -3.37. The van der Waals surface area contributed by atoms with Gasteiger partial charge in [0, 0.05) is 11.1 Å². The average Bonchev–Trinajstić information content (AvgIpc) is 3.19. The van der Waals surface area contributed by atoms with Crippen molar-refractivity contribution in [2.24, 2.45) is 0 Å². The molecule has 0 aliphatic rings. The molecule has 0 bridgehead atoms. The second-order valence-electron chi connectivity index (χ2n) is 5.94. The van der Waals surface area contributed by atoms with E-state index in [9.17, 15) is 23.2 Å². The lowest BCUT2D eigenvalue weighted by atomic mass is 10.1. The zero-order valence-corrected chi connectivity index (χ0v) is 18.4.